The summed E-state index contributed by atoms with van der Waals surface area (Å²) >= 11 is 5.73. The average molecular weight is 461 g/mol. The molecule has 3 heterocycles. The predicted molar refractivity (Wildman–Crippen MR) is 130 cm³/mol. The Morgan fingerprint density at radius 1 is 0.939 bits per heavy atom. The maximum atomic E-state index is 14.7. The van der Waals surface area contributed by atoms with Crippen LogP contribution in [-0.4, -0.2) is 14.7 Å². The van der Waals surface area contributed by atoms with Crippen LogP contribution in [0.3, 0.4) is 0 Å². The summed E-state index contributed by atoms with van der Waals surface area (Å²) < 4.78 is 30.3. The van der Waals surface area contributed by atoms with Crippen LogP contribution in [-0.2, 0) is 0 Å². The maximum Gasteiger partial charge on any atom is 0.174 e. The van der Waals surface area contributed by atoms with Crippen LogP contribution >= 0.6 is 12.2 Å². The Hall–Kier alpha value is -3.58. The molecule has 1 aliphatic rings. The highest BCUT2D eigenvalue weighted by atomic mass is 32.1. The van der Waals surface area contributed by atoms with E-state index in [9.17, 15) is 8.78 Å². The minimum Gasteiger partial charge on any atom is -0.351 e. The molecule has 4 aromatic rings. The van der Waals surface area contributed by atoms with Crippen molar-refractivity contribution in [2.75, 3.05) is 4.90 Å². The molecule has 7 heteroatoms. The zero-order chi connectivity index (χ0) is 23.1. The van der Waals surface area contributed by atoms with Gasteiger partial charge in [0.15, 0.2) is 5.11 Å². The number of aryl methyl sites for hydroxylation is 1. The van der Waals surface area contributed by atoms with E-state index < -0.39 is 0 Å². The van der Waals surface area contributed by atoms with Gasteiger partial charge in [-0.1, -0.05) is 18.2 Å². The van der Waals surface area contributed by atoms with Gasteiger partial charge in [0.25, 0.3) is 0 Å². The van der Waals surface area contributed by atoms with E-state index in [4.69, 9.17) is 12.2 Å². The van der Waals surface area contributed by atoms with E-state index in [2.05, 4.69) is 16.4 Å². The summed E-state index contributed by atoms with van der Waals surface area (Å²) in [6.07, 6.45) is 1.75. The highest BCUT2D eigenvalue weighted by molar-refractivity contribution is 7.80. The van der Waals surface area contributed by atoms with Gasteiger partial charge in [-0.25, -0.2) is 8.78 Å². The Morgan fingerprint density at radius 2 is 1.67 bits per heavy atom. The lowest BCUT2D eigenvalue weighted by Gasteiger charge is -2.28. The van der Waals surface area contributed by atoms with Crippen LogP contribution in [0.5, 0.6) is 0 Å². The number of aromatic nitrogens is 2. The van der Waals surface area contributed by atoms with E-state index in [0.29, 0.717) is 10.8 Å². The van der Waals surface area contributed by atoms with Crippen molar-refractivity contribution < 1.29 is 8.78 Å². The number of thiocarbonyl (C=S) groups is 1. The monoisotopic (exact) mass is 460 g/mol. The fourth-order valence-electron chi connectivity index (χ4n) is 4.64. The van der Waals surface area contributed by atoms with Gasteiger partial charge < -0.3 is 14.8 Å². The van der Waals surface area contributed by atoms with Crippen molar-refractivity contribution in [2.24, 2.45) is 0 Å². The Balaban J connectivity index is 1.69. The van der Waals surface area contributed by atoms with Gasteiger partial charge in [0.2, 0.25) is 0 Å². The molecule has 0 saturated carbocycles. The molecule has 1 saturated heterocycles. The average Bonchev–Trinajstić information content (AvgIpc) is 3.31. The molecule has 5 rings (SSSR count). The number of halogens is 2. The van der Waals surface area contributed by atoms with Gasteiger partial charge in [-0.15, -0.1) is 0 Å². The van der Waals surface area contributed by atoms with Gasteiger partial charge in [-0.2, -0.15) is 0 Å². The minimum atomic E-state index is -0.313. The molecule has 1 aliphatic heterocycles. The SMILES string of the molecule is Cc1cc([C@@H]2[C@H](c3ccccn3)NC(=S)N2c2ccc(F)cc2)c(C)n1-c1ccccc1F. The zero-order valence-electron chi connectivity index (χ0n) is 18.2. The Labute approximate surface area is 196 Å². The molecule has 0 bridgehead atoms. The molecule has 33 heavy (non-hydrogen) atoms. The summed E-state index contributed by atoms with van der Waals surface area (Å²) in [6, 6.07) is 20.3. The molecule has 166 valence electrons. The van der Waals surface area contributed by atoms with E-state index >= 15 is 0 Å². The second-order valence-corrected chi connectivity index (χ2v) is 8.47. The van der Waals surface area contributed by atoms with Crippen LogP contribution in [0, 0.1) is 25.5 Å². The summed E-state index contributed by atoms with van der Waals surface area (Å²) in [6.45, 7) is 3.94. The fourth-order valence-corrected chi connectivity index (χ4v) is 4.99. The third-order valence-corrected chi connectivity index (χ3v) is 6.40. The van der Waals surface area contributed by atoms with Crippen LogP contribution in [0.4, 0.5) is 14.5 Å². The van der Waals surface area contributed by atoms with Gasteiger partial charge in [-0.3, -0.25) is 4.98 Å². The fraction of sp³-hybridized carbons (Fsp3) is 0.154. The summed E-state index contributed by atoms with van der Waals surface area (Å²) in [7, 11) is 0. The van der Waals surface area contributed by atoms with Crippen molar-refractivity contribution in [3.8, 4) is 5.69 Å². The van der Waals surface area contributed by atoms with Crippen LogP contribution in [0.25, 0.3) is 5.69 Å². The number of hydrogen-bond acceptors (Lipinski definition) is 2. The van der Waals surface area contributed by atoms with Crippen LogP contribution in [0.2, 0.25) is 0 Å². The second-order valence-electron chi connectivity index (χ2n) is 8.09. The molecule has 0 aliphatic carbocycles. The smallest absolute Gasteiger partial charge is 0.174 e. The van der Waals surface area contributed by atoms with Crippen molar-refractivity contribution in [3.05, 3.63) is 113 Å². The molecule has 2 aromatic heterocycles. The molecule has 1 fully saturated rings. The van der Waals surface area contributed by atoms with Crippen molar-refractivity contribution in [2.45, 2.75) is 25.9 Å². The van der Waals surface area contributed by atoms with E-state index in [0.717, 1.165) is 28.3 Å². The number of anilines is 1. The molecule has 1 N–H and O–H groups in total. The normalized spacial score (nSPS) is 17.9. The molecule has 2 aromatic carbocycles. The lowest BCUT2D eigenvalue weighted by atomic mass is 9.96. The highest BCUT2D eigenvalue weighted by Gasteiger charge is 2.42. The quantitative estimate of drug-likeness (QED) is 0.382. The second kappa shape index (κ2) is 8.41. The van der Waals surface area contributed by atoms with Crippen LogP contribution in [0.15, 0.2) is 79.0 Å². The van der Waals surface area contributed by atoms with Crippen molar-refractivity contribution >= 4 is 23.0 Å². The van der Waals surface area contributed by atoms with E-state index in [1.165, 1.54) is 18.2 Å². The van der Waals surface area contributed by atoms with E-state index in [1.807, 2.05) is 47.6 Å². The molecular weight excluding hydrogens is 438 g/mol. The Morgan fingerprint density at radius 3 is 2.36 bits per heavy atom. The van der Waals surface area contributed by atoms with Gasteiger partial charge in [0.1, 0.15) is 11.6 Å². The molecule has 0 amide bonds. The molecule has 0 radical (unpaired) electrons. The van der Waals surface area contributed by atoms with Crippen LogP contribution in [0.1, 0.15) is 34.7 Å². The third kappa shape index (κ3) is 3.68. The number of pyridine rings is 1. The first-order valence-electron chi connectivity index (χ1n) is 10.7. The van der Waals surface area contributed by atoms with Gasteiger partial charge in [0.05, 0.1) is 23.5 Å². The first-order valence-corrected chi connectivity index (χ1v) is 11.1. The summed E-state index contributed by atoms with van der Waals surface area (Å²) in [4.78, 5) is 6.56. The number of nitrogens with zero attached hydrogens (tertiary/aromatic N) is 3. The minimum absolute atomic E-state index is 0.238. The molecule has 0 spiro atoms. The van der Waals surface area contributed by atoms with E-state index in [-0.39, 0.29) is 23.7 Å². The maximum absolute atomic E-state index is 14.7. The third-order valence-electron chi connectivity index (χ3n) is 6.09. The lowest BCUT2D eigenvalue weighted by Crippen LogP contribution is -2.29. The number of hydrogen-bond donors (Lipinski definition) is 1. The number of benzene rings is 2. The topological polar surface area (TPSA) is 33.1 Å². The first-order chi connectivity index (χ1) is 16.0. The lowest BCUT2D eigenvalue weighted by molar-refractivity contribution is 0.564. The van der Waals surface area contributed by atoms with Crippen molar-refractivity contribution in [1.29, 1.82) is 0 Å². The standard InChI is InChI=1S/C26H22F2N4S/c1-16-15-20(17(2)31(16)23-9-4-3-7-21(23)28)25-24(22-8-5-6-14-29-22)30-26(33)32(25)19-12-10-18(27)11-13-19/h3-15,24-25H,1-2H3,(H,30,33)/t24-,25+/m0/s1. The molecule has 0 unspecified atom stereocenters. The molecule has 4 nitrogen and oxygen atoms in total. The number of para-hydroxylation sites is 1. The highest BCUT2D eigenvalue weighted by Crippen LogP contribution is 2.43. The van der Waals surface area contributed by atoms with Crippen molar-refractivity contribution in [1.82, 2.24) is 14.9 Å². The summed E-state index contributed by atoms with van der Waals surface area (Å²) in [5.74, 6) is -0.602. The van der Waals surface area contributed by atoms with Crippen molar-refractivity contribution in [3.63, 3.8) is 0 Å². The zero-order valence-corrected chi connectivity index (χ0v) is 19.0. The Bertz CT molecular complexity index is 1320. The first kappa shape index (κ1) is 21.3. The van der Waals surface area contributed by atoms with E-state index in [1.54, 1.807) is 30.5 Å². The van der Waals surface area contributed by atoms with Gasteiger partial charge in [-0.05, 0) is 86.2 Å². The number of nitrogens with one attached hydrogen (secondary N) is 1. The largest absolute Gasteiger partial charge is 0.351 e. The number of rotatable bonds is 4. The Kier molecular flexibility index (Phi) is 5.42. The van der Waals surface area contributed by atoms with Crippen LogP contribution < -0.4 is 10.2 Å². The van der Waals surface area contributed by atoms with Gasteiger partial charge >= 0.3 is 0 Å². The molecular formula is C26H22F2N4S. The molecule has 2 atom stereocenters. The predicted octanol–water partition coefficient (Wildman–Crippen LogP) is 5.94. The summed E-state index contributed by atoms with van der Waals surface area (Å²) in [5.41, 5.74) is 4.91. The summed E-state index contributed by atoms with van der Waals surface area (Å²) in [5, 5.41) is 3.93. The van der Waals surface area contributed by atoms with Gasteiger partial charge in [0, 0.05) is 23.3 Å².